The molecule has 0 atom stereocenters. The number of likely N-dealkylation sites (tertiary alicyclic amines) is 1. The molecule has 0 saturated carbocycles. The van der Waals surface area contributed by atoms with Gasteiger partial charge in [0.25, 0.3) is 5.91 Å². The van der Waals surface area contributed by atoms with E-state index < -0.39 is 35.0 Å². The van der Waals surface area contributed by atoms with Gasteiger partial charge in [0, 0.05) is 18.7 Å². The molecule has 0 aromatic heterocycles. The largest absolute Gasteiger partial charge is 0.416 e. The number of hydrogen-bond donors (Lipinski definition) is 0. The molecule has 0 unspecified atom stereocenters. The third-order valence-corrected chi connectivity index (χ3v) is 2.98. The SMILES string of the molecule is O=C(c1cc(C(F)(F)F)cc(C(F)(F)F)c1)N1CCC1. The van der Waals surface area contributed by atoms with Gasteiger partial charge in [-0.15, -0.1) is 0 Å². The fourth-order valence-corrected chi connectivity index (χ4v) is 1.78. The molecule has 0 aliphatic carbocycles. The van der Waals surface area contributed by atoms with E-state index in [0.717, 1.165) is 0 Å². The van der Waals surface area contributed by atoms with E-state index in [1.807, 2.05) is 0 Å². The lowest BCUT2D eigenvalue weighted by atomic mass is 10.0. The highest BCUT2D eigenvalue weighted by Gasteiger charge is 2.38. The van der Waals surface area contributed by atoms with E-state index in [9.17, 15) is 31.1 Å². The van der Waals surface area contributed by atoms with Crippen LogP contribution in [0.1, 0.15) is 27.9 Å². The quantitative estimate of drug-likeness (QED) is 0.726. The zero-order chi connectivity index (χ0) is 15.1. The molecule has 1 amide bonds. The van der Waals surface area contributed by atoms with Crippen molar-refractivity contribution in [3.63, 3.8) is 0 Å². The molecule has 0 radical (unpaired) electrons. The zero-order valence-electron chi connectivity index (χ0n) is 9.98. The minimum atomic E-state index is -4.94. The molecule has 1 aliphatic rings. The van der Waals surface area contributed by atoms with Gasteiger partial charge in [0.05, 0.1) is 11.1 Å². The molecule has 20 heavy (non-hydrogen) atoms. The molecule has 1 aromatic rings. The number of hydrogen-bond acceptors (Lipinski definition) is 1. The highest BCUT2D eigenvalue weighted by molar-refractivity contribution is 5.95. The molecule has 1 saturated heterocycles. The number of benzene rings is 1. The standard InChI is InChI=1S/C12H9F6NO/c13-11(14,15)8-4-7(10(20)19-2-1-3-19)5-9(6-8)12(16,17)18/h4-6H,1-3H2. The number of carbonyl (C=O) groups excluding carboxylic acids is 1. The first-order valence-corrected chi connectivity index (χ1v) is 5.68. The fraction of sp³-hybridized carbons (Fsp3) is 0.417. The summed E-state index contributed by atoms with van der Waals surface area (Å²) >= 11 is 0. The molecule has 1 heterocycles. The Morgan fingerprint density at radius 1 is 0.900 bits per heavy atom. The van der Waals surface area contributed by atoms with Gasteiger partial charge in [0.2, 0.25) is 0 Å². The smallest absolute Gasteiger partial charge is 0.339 e. The first-order chi connectivity index (χ1) is 9.09. The maximum atomic E-state index is 12.6. The summed E-state index contributed by atoms with van der Waals surface area (Å²) in [6.45, 7) is 0.687. The second-order valence-corrected chi connectivity index (χ2v) is 4.44. The van der Waals surface area contributed by atoms with Crippen LogP contribution in [-0.4, -0.2) is 23.9 Å². The zero-order valence-corrected chi connectivity index (χ0v) is 9.98. The van der Waals surface area contributed by atoms with Crippen molar-refractivity contribution >= 4 is 5.91 Å². The predicted molar refractivity (Wildman–Crippen MR) is 57.0 cm³/mol. The first kappa shape index (κ1) is 14.7. The first-order valence-electron chi connectivity index (χ1n) is 5.68. The van der Waals surface area contributed by atoms with Crippen molar-refractivity contribution in [3.05, 3.63) is 34.9 Å². The molecular weight excluding hydrogens is 288 g/mol. The van der Waals surface area contributed by atoms with Crippen LogP contribution in [0.3, 0.4) is 0 Å². The lowest BCUT2D eigenvalue weighted by molar-refractivity contribution is -0.143. The van der Waals surface area contributed by atoms with Gasteiger partial charge in [-0.2, -0.15) is 26.3 Å². The van der Waals surface area contributed by atoms with Crippen molar-refractivity contribution in [1.29, 1.82) is 0 Å². The van der Waals surface area contributed by atoms with Crippen molar-refractivity contribution < 1.29 is 31.1 Å². The number of amides is 1. The van der Waals surface area contributed by atoms with E-state index in [1.165, 1.54) is 4.90 Å². The van der Waals surface area contributed by atoms with Crippen LogP contribution in [0.4, 0.5) is 26.3 Å². The Labute approximate surface area is 110 Å². The third kappa shape index (κ3) is 2.88. The van der Waals surface area contributed by atoms with Crippen LogP contribution in [0.5, 0.6) is 0 Å². The normalized spacial score (nSPS) is 16.0. The summed E-state index contributed by atoms with van der Waals surface area (Å²) in [4.78, 5) is 13.0. The Morgan fingerprint density at radius 3 is 1.65 bits per heavy atom. The number of alkyl halides is 6. The minimum Gasteiger partial charge on any atom is -0.339 e. The maximum Gasteiger partial charge on any atom is 0.416 e. The summed E-state index contributed by atoms with van der Waals surface area (Å²) in [6.07, 6.45) is -9.19. The van der Waals surface area contributed by atoms with Crippen molar-refractivity contribution in [2.75, 3.05) is 13.1 Å². The van der Waals surface area contributed by atoms with Crippen molar-refractivity contribution in [2.24, 2.45) is 0 Å². The monoisotopic (exact) mass is 297 g/mol. The van der Waals surface area contributed by atoms with Gasteiger partial charge in [0.15, 0.2) is 0 Å². The van der Waals surface area contributed by atoms with Crippen LogP contribution >= 0.6 is 0 Å². The Bertz CT molecular complexity index is 497. The number of halogens is 6. The molecule has 1 fully saturated rings. The average molecular weight is 297 g/mol. The van der Waals surface area contributed by atoms with Crippen LogP contribution < -0.4 is 0 Å². The van der Waals surface area contributed by atoms with E-state index in [0.29, 0.717) is 31.6 Å². The molecule has 110 valence electrons. The van der Waals surface area contributed by atoms with Gasteiger partial charge in [0.1, 0.15) is 0 Å². The molecule has 2 rings (SSSR count). The van der Waals surface area contributed by atoms with Gasteiger partial charge >= 0.3 is 12.4 Å². The lowest BCUT2D eigenvalue weighted by Crippen LogP contribution is -2.42. The van der Waals surface area contributed by atoms with Crippen molar-refractivity contribution in [1.82, 2.24) is 4.90 Å². The second kappa shape index (κ2) is 4.68. The molecule has 1 aliphatic heterocycles. The lowest BCUT2D eigenvalue weighted by Gasteiger charge is -2.31. The Balaban J connectivity index is 2.48. The van der Waals surface area contributed by atoms with Crippen molar-refractivity contribution in [2.45, 2.75) is 18.8 Å². The molecule has 8 heteroatoms. The van der Waals surface area contributed by atoms with Crippen LogP contribution in [-0.2, 0) is 12.4 Å². The Hall–Kier alpha value is -1.73. The molecule has 0 spiro atoms. The fourth-order valence-electron chi connectivity index (χ4n) is 1.78. The van der Waals surface area contributed by atoms with E-state index in [4.69, 9.17) is 0 Å². The summed E-state index contributed by atoms with van der Waals surface area (Å²) in [7, 11) is 0. The summed E-state index contributed by atoms with van der Waals surface area (Å²) in [5.41, 5.74) is -3.54. The number of rotatable bonds is 1. The van der Waals surface area contributed by atoms with Gasteiger partial charge in [-0.1, -0.05) is 0 Å². The summed E-state index contributed by atoms with van der Waals surface area (Å²) in [5.74, 6) is -0.812. The highest BCUT2D eigenvalue weighted by atomic mass is 19.4. The van der Waals surface area contributed by atoms with Gasteiger partial charge in [-0.05, 0) is 24.6 Å². The van der Waals surface area contributed by atoms with E-state index in [1.54, 1.807) is 0 Å². The maximum absolute atomic E-state index is 12.6. The topological polar surface area (TPSA) is 20.3 Å². The number of nitrogens with zero attached hydrogens (tertiary/aromatic N) is 1. The molecule has 0 N–H and O–H groups in total. The van der Waals surface area contributed by atoms with E-state index >= 15 is 0 Å². The predicted octanol–water partition coefficient (Wildman–Crippen LogP) is 3.57. The average Bonchev–Trinajstić information content (AvgIpc) is 2.23. The highest BCUT2D eigenvalue weighted by Crippen LogP contribution is 2.36. The van der Waals surface area contributed by atoms with Crippen LogP contribution in [0.15, 0.2) is 18.2 Å². The van der Waals surface area contributed by atoms with Gasteiger partial charge in [-0.25, -0.2) is 0 Å². The van der Waals surface area contributed by atoms with Gasteiger partial charge in [-0.3, -0.25) is 4.79 Å². The number of carbonyl (C=O) groups is 1. The Morgan fingerprint density at radius 2 is 1.35 bits per heavy atom. The summed E-state index contributed by atoms with van der Waals surface area (Å²) < 4.78 is 75.6. The molecular formula is C12H9F6NO. The van der Waals surface area contributed by atoms with Crippen LogP contribution in [0.25, 0.3) is 0 Å². The minimum absolute atomic E-state index is 0.00683. The Kier molecular flexibility index (Phi) is 3.43. The molecule has 1 aromatic carbocycles. The summed E-state index contributed by atoms with van der Waals surface area (Å²) in [5, 5.41) is 0. The third-order valence-electron chi connectivity index (χ3n) is 2.98. The van der Waals surface area contributed by atoms with E-state index in [2.05, 4.69) is 0 Å². The van der Waals surface area contributed by atoms with Crippen LogP contribution in [0, 0.1) is 0 Å². The van der Waals surface area contributed by atoms with Gasteiger partial charge < -0.3 is 4.90 Å². The second-order valence-electron chi connectivity index (χ2n) is 4.44. The van der Waals surface area contributed by atoms with Crippen molar-refractivity contribution in [3.8, 4) is 0 Å². The molecule has 0 bridgehead atoms. The van der Waals surface area contributed by atoms with E-state index in [-0.39, 0.29) is 6.07 Å². The molecule has 2 nitrogen and oxygen atoms in total. The summed E-state index contributed by atoms with van der Waals surface area (Å²) in [6, 6.07) is 0.915. The van der Waals surface area contributed by atoms with Crippen LogP contribution in [0.2, 0.25) is 0 Å².